The maximum Gasteiger partial charge on any atom is 0.325 e. The first-order valence-corrected chi connectivity index (χ1v) is 13.9. The first kappa shape index (κ1) is 31.4. The van der Waals surface area contributed by atoms with Crippen LogP contribution < -0.4 is 33.2 Å². The summed E-state index contributed by atoms with van der Waals surface area (Å²) >= 11 is 1.48. The molecule has 1 heterocycles. The average Bonchev–Trinajstić information content (AvgIpc) is 3.30. The lowest BCUT2D eigenvalue weighted by Gasteiger charge is -2.24. The van der Waals surface area contributed by atoms with Gasteiger partial charge < -0.3 is 43.2 Å². The van der Waals surface area contributed by atoms with Crippen molar-refractivity contribution in [2.45, 2.75) is 56.8 Å². The lowest BCUT2D eigenvalue weighted by molar-refractivity contribution is -0.141. The molecular formula is C25H38N8O5S. The highest BCUT2D eigenvalue weighted by Crippen LogP contribution is 2.19. The molecule has 3 amide bonds. The van der Waals surface area contributed by atoms with Gasteiger partial charge in [0.1, 0.15) is 18.1 Å². The van der Waals surface area contributed by atoms with Gasteiger partial charge in [0.05, 0.1) is 6.04 Å². The minimum absolute atomic E-state index is 0.0544. The summed E-state index contributed by atoms with van der Waals surface area (Å²) < 4.78 is 0. The topological polar surface area (TPSA) is 231 Å². The number of rotatable bonds is 16. The molecule has 1 aromatic heterocycles. The number of nitrogens with zero attached hydrogens (tertiary/aromatic N) is 1. The third-order valence-electron chi connectivity index (χ3n) is 6.01. The number of aromatic amines is 1. The third kappa shape index (κ3) is 10.1. The molecule has 4 atom stereocenters. The van der Waals surface area contributed by atoms with Crippen LogP contribution in [-0.4, -0.2) is 82.5 Å². The zero-order valence-corrected chi connectivity index (χ0v) is 22.9. The summed E-state index contributed by atoms with van der Waals surface area (Å²) in [6.07, 6.45) is 4.76. The number of nitrogens with one attached hydrogen (secondary N) is 4. The Morgan fingerprint density at radius 1 is 1.03 bits per heavy atom. The Morgan fingerprint density at radius 3 is 2.36 bits per heavy atom. The van der Waals surface area contributed by atoms with Crippen molar-refractivity contribution in [2.24, 2.45) is 22.2 Å². The highest BCUT2D eigenvalue weighted by atomic mass is 32.2. The van der Waals surface area contributed by atoms with Gasteiger partial charge in [-0.3, -0.25) is 24.2 Å². The van der Waals surface area contributed by atoms with E-state index in [9.17, 15) is 19.2 Å². The van der Waals surface area contributed by atoms with E-state index in [-0.39, 0.29) is 25.2 Å². The summed E-state index contributed by atoms with van der Waals surface area (Å²) in [6, 6.07) is 3.44. The molecule has 14 heteroatoms. The molecule has 0 saturated heterocycles. The van der Waals surface area contributed by atoms with Crippen molar-refractivity contribution < 1.29 is 24.3 Å². The Hall–Kier alpha value is -3.78. The summed E-state index contributed by atoms with van der Waals surface area (Å²) in [5.74, 6) is -2.46. The van der Waals surface area contributed by atoms with Crippen molar-refractivity contribution in [3.8, 4) is 0 Å². The fourth-order valence-electron chi connectivity index (χ4n) is 3.81. The van der Waals surface area contributed by atoms with Crippen LogP contribution in [0.3, 0.4) is 0 Å². The zero-order chi connectivity index (χ0) is 28.9. The van der Waals surface area contributed by atoms with E-state index >= 15 is 0 Å². The maximum atomic E-state index is 13.5. The Labute approximate surface area is 231 Å². The number of H-pyrrole nitrogens is 1. The van der Waals surface area contributed by atoms with Crippen LogP contribution in [0.25, 0.3) is 10.9 Å². The Balaban J connectivity index is 2.22. The second-order valence-electron chi connectivity index (χ2n) is 9.09. The van der Waals surface area contributed by atoms with Gasteiger partial charge in [0, 0.05) is 30.1 Å². The Morgan fingerprint density at radius 2 is 1.69 bits per heavy atom. The number of aliphatic imine (C=N–C) groups is 1. The molecule has 2 rings (SSSR count). The number of hydrogen-bond acceptors (Lipinski definition) is 7. The van der Waals surface area contributed by atoms with E-state index in [1.54, 1.807) is 6.20 Å². The fraction of sp³-hybridized carbons (Fsp3) is 0.480. The molecule has 0 aliphatic rings. The van der Waals surface area contributed by atoms with E-state index in [0.717, 1.165) is 16.5 Å². The van der Waals surface area contributed by atoms with E-state index in [4.69, 9.17) is 22.3 Å². The predicted octanol–water partition coefficient (Wildman–Crippen LogP) is -0.597. The molecule has 1 aromatic carbocycles. The number of aromatic nitrogens is 1. The number of aliphatic carboxylic acids is 1. The monoisotopic (exact) mass is 562 g/mol. The van der Waals surface area contributed by atoms with Gasteiger partial charge in [-0.15, -0.1) is 0 Å². The third-order valence-corrected chi connectivity index (χ3v) is 6.65. The molecule has 4 unspecified atom stereocenters. The number of para-hydroxylation sites is 1. The van der Waals surface area contributed by atoms with Crippen LogP contribution in [0.2, 0.25) is 0 Å². The van der Waals surface area contributed by atoms with Crippen molar-refractivity contribution in [1.82, 2.24) is 20.9 Å². The number of fused-ring (bicyclic) bond motifs is 1. The summed E-state index contributed by atoms with van der Waals surface area (Å²) in [4.78, 5) is 57.4. The van der Waals surface area contributed by atoms with E-state index in [2.05, 4.69) is 25.9 Å². The Kier molecular flexibility index (Phi) is 12.6. The number of carboxylic acid groups (broad SMARTS) is 1. The SMILES string of the molecule is CSCCC(NC(=O)C(Cc1c[nH]c2ccccc12)NC(=O)C(N)CCCN=C(N)N)C(=O)NC(C)C(=O)O. The highest BCUT2D eigenvalue weighted by Gasteiger charge is 2.30. The van der Waals surface area contributed by atoms with Gasteiger partial charge in [0.2, 0.25) is 17.7 Å². The van der Waals surface area contributed by atoms with Gasteiger partial charge in [-0.05, 0) is 49.8 Å². The van der Waals surface area contributed by atoms with Crippen molar-refractivity contribution in [1.29, 1.82) is 0 Å². The smallest absolute Gasteiger partial charge is 0.325 e. The van der Waals surface area contributed by atoms with Crippen LogP contribution >= 0.6 is 11.8 Å². The van der Waals surface area contributed by atoms with Crippen LogP contribution in [0.4, 0.5) is 0 Å². The molecule has 0 bridgehead atoms. The van der Waals surface area contributed by atoms with Gasteiger partial charge >= 0.3 is 5.97 Å². The molecule has 214 valence electrons. The molecule has 0 spiro atoms. The molecule has 0 fully saturated rings. The normalized spacial score (nSPS) is 14.0. The van der Waals surface area contributed by atoms with E-state index in [1.807, 2.05) is 30.5 Å². The van der Waals surface area contributed by atoms with E-state index in [1.165, 1.54) is 18.7 Å². The fourth-order valence-corrected chi connectivity index (χ4v) is 4.28. The lowest BCUT2D eigenvalue weighted by atomic mass is 10.0. The standard InChI is InChI=1S/C25H38N8O5S/c1-14(24(37)38)31-22(35)19(9-11-39-2)32-23(36)20(12-15-13-30-18-8-4-3-6-16(15)18)33-21(34)17(26)7-5-10-29-25(27)28/h3-4,6,8,13-14,17,19-20,30H,5,7,9-12,26H2,1-2H3,(H,31,35)(H,32,36)(H,33,34)(H,37,38)(H4,27,28,29). The molecule has 0 radical (unpaired) electrons. The molecule has 0 aliphatic carbocycles. The van der Waals surface area contributed by atoms with Crippen molar-refractivity contribution in [3.63, 3.8) is 0 Å². The van der Waals surface area contributed by atoms with Crippen molar-refractivity contribution >= 4 is 52.3 Å². The number of carbonyl (C=O) groups is 4. The average molecular weight is 563 g/mol. The number of nitrogens with two attached hydrogens (primary N) is 3. The van der Waals surface area contributed by atoms with Gasteiger partial charge in [0.15, 0.2) is 5.96 Å². The molecule has 0 saturated carbocycles. The van der Waals surface area contributed by atoms with Crippen LogP contribution in [0.15, 0.2) is 35.5 Å². The first-order valence-electron chi connectivity index (χ1n) is 12.5. The number of carbonyl (C=O) groups excluding carboxylic acids is 3. The molecule has 11 N–H and O–H groups in total. The van der Waals surface area contributed by atoms with Crippen LogP contribution in [0.5, 0.6) is 0 Å². The molecular weight excluding hydrogens is 524 g/mol. The minimum Gasteiger partial charge on any atom is -0.480 e. The summed E-state index contributed by atoms with van der Waals surface area (Å²) in [6.45, 7) is 1.64. The minimum atomic E-state index is -1.20. The van der Waals surface area contributed by atoms with Crippen LogP contribution in [0.1, 0.15) is 31.7 Å². The van der Waals surface area contributed by atoms with Crippen LogP contribution in [0, 0.1) is 0 Å². The Bertz CT molecular complexity index is 1170. The predicted molar refractivity (Wildman–Crippen MR) is 152 cm³/mol. The number of benzene rings is 1. The number of amides is 3. The largest absolute Gasteiger partial charge is 0.480 e. The first-order chi connectivity index (χ1) is 18.5. The van der Waals surface area contributed by atoms with Gasteiger partial charge in [0.25, 0.3) is 0 Å². The number of guanidine groups is 1. The van der Waals surface area contributed by atoms with Gasteiger partial charge in [-0.2, -0.15) is 11.8 Å². The highest BCUT2D eigenvalue weighted by molar-refractivity contribution is 7.98. The zero-order valence-electron chi connectivity index (χ0n) is 22.1. The van der Waals surface area contributed by atoms with Gasteiger partial charge in [-0.1, -0.05) is 18.2 Å². The number of hydrogen-bond donors (Lipinski definition) is 8. The number of carboxylic acids is 1. The maximum absolute atomic E-state index is 13.5. The lowest BCUT2D eigenvalue weighted by Crippen LogP contribution is -2.57. The summed E-state index contributed by atoms with van der Waals surface area (Å²) in [5.41, 5.74) is 18.4. The molecule has 0 aliphatic heterocycles. The van der Waals surface area contributed by atoms with E-state index < -0.39 is 47.9 Å². The second-order valence-corrected chi connectivity index (χ2v) is 10.1. The number of thioether (sulfide) groups is 1. The molecule has 13 nitrogen and oxygen atoms in total. The van der Waals surface area contributed by atoms with E-state index in [0.29, 0.717) is 18.7 Å². The van der Waals surface area contributed by atoms with Crippen molar-refractivity contribution in [3.05, 3.63) is 36.0 Å². The van der Waals surface area contributed by atoms with Crippen LogP contribution in [-0.2, 0) is 25.6 Å². The van der Waals surface area contributed by atoms with Crippen molar-refractivity contribution in [2.75, 3.05) is 18.6 Å². The summed E-state index contributed by atoms with van der Waals surface area (Å²) in [7, 11) is 0. The molecule has 2 aromatic rings. The second kappa shape index (κ2) is 15.6. The quantitative estimate of drug-likeness (QED) is 0.0740. The summed E-state index contributed by atoms with van der Waals surface area (Å²) in [5, 5.41) is 17.9. The van der Waals surface area contributed by atoms with Gasteiger partial charge in [-0.25, -0.2) is 0 Å². The molecule has 39 heavy (non-hydrogen) atoms.